The maximum atomic E-state index is 13.0. The Morgan fingerprint density at radius 2 is 1.43 bits per heavy atom. The zero-order valence-electron chi connectivity index (χ0n) is 11.9. The van der Waals surface area contributed by atoms with Crippen molar-refractivity contribution in [2.75, 3.05) is 0 Å². The average molecular weight is 360 g/mol. The minimum absolute atomic E-state index is 0.179. The molecule has 0 fully saturated rings. The highest BCUT2D eigenvalue weighted by molar-refractivity contribution is 5.87. The van der Waals surface area contributed by atoms with Gasteiger partial charge in [0.25, 0.3) is 0 Å². The topological polar surface area (TPSA) is 26.3 Å². The normalized spacial score (nSPS) is 14.8. The third kappa shape index (κ3) is 4.54. The lowest BCUT2D eigenvalue weighted by molar-refractivity contribution is -0.434. The largest absolute Gasteiger partial charge is 0.473 e. The third-order valence-corrected chi connectivity index (χ3v) is 2.67. The van der Waals surface area contributed by atoms with Crippen molar-refractivity contribution in [3.8, 4) is 0 Å². The Balaban J connectivity index is 5.33. The Morgan fingerprint density at radius 1 is 0.957 bits per heavy atom. The number of alkyl halides is 9. The van der Waals surface area contributed by atoms with E-state index < -0.39 is 35.7 Å². The predicted molar refractivity (Wildman–Crippen MR) is 60.3 cm³/mol. The van der Waals surface area contributed by atoms with Crippen LogP contribution < -0.4 is 0 Å². The number of hydrogen-bond acceptors (Lipinski definition) is 2. The fraction of sp³-hybridized carbons (Fsp3) is 0.750. The van der Waals surface area contributed by atoms with Gasteiger partial charge in [0, 0.05) is 5.57 Å². The summed E-state index contributed by atoms with van der Waals surface area (Å²) in [6.45, 7) is 2.61. The van der Waals surface area contributed by atoms with Crippen molar-refractivity contribution in [2.45, 2.75) is 57.2 Å². The number of carbonyl (C=O) groups is 1. The number of esters is 1. The highest BCUT2D eigenvalue weighted by Gasteiger charge is 2.83. The van der Waals surface area contributed by atoms with Gasteiger partial charge >= 0.3 is 30.1 Å². The van der Waals surface area contributed by atoms with E-state index in [0.717, 1.165) is 13.0 Å². The first-order valence-electron chi connectivity index (χ1n) is 6.22. The SMILES string of the molecule is CCCCC=C(C)C(=O)OC(F)(F)C(F)(F)C(F)(F)C(F)(F)F. The Morgan fingerprint density at radius 3 is 1.83 bits per heavy atom. The third-order valence-electron chi connectivity index (χ3n) is 2.67. The first-order chi connectivity index (χ1) is 10.1. The molecule has 0 N–H and O–H groups in total. The molecule has 0 rings (SSSR count). The number of halogens is 9. The molecule has 11 heteroatoms. The molecule has 0 aromatic rings. The summed E-state index contributed by atoms with van der Waals surface area (Å²) in [6, 6.07) is 0. The molecule has 2 nitrogen and oxygen atoms in total. The van der Waals surface area contributed by atoms with Crippen molar-refractivity contribution in [2.24, 2.45) is 0 Å². The molecule has 0 heterocycles. The number of rotatable bonds is 7. The van der Waals surface area contributed by atoms with Crippen LogP contribution in [0.15, 0.2) is 11.6 Å². The number of hydrogen-bond donors (Lipinski definition) is 0. The van der Waals surface area contributed by atoms with Crippen LogP contribution in [0.1, 0.15) is 33.1 Å². The van der Waals surface area contributed by atoms with Gasteiger partial charge in [0.1, 0.15) is 0 Å². The van der Waals surface area contributed by atoms with Crippen LogP contribution in [0.3, 0.4) is 0 Å². The van der Waals surface area contributed by atoms with E-state index >= 15 is 0 Å². The van der Waals surface area contributed by atoms with Gasteiger partial charge in [-0.3, -0.25) is 0 Å². The van der Waals surface area contributed by atoms with Gasteiger partial charge in [0.15, 0.2) is 0 Å². The van der Waals surface area contributed by atoms with E-state index in [4.69, 9.17) is 0 Å². The smallest absolute Gasteiger partial charge is 0.393 e. The van der Waals surface area contributed by atoms with Crippen LogP contribution >= 0.6 is 0 Å². The molecule has 0 amide bonds. The average Bonchev–Trinajstić information content (AvgIpc) is 2.36. The fourth-order valence-corrected chi connectivity index (χ4v) is 1.23. The fourth-order valence-electron chi connectivity index (χ4n) is 1.23. The second-order valence-corrected chi connectivity index (χ2v) is 4.58. The van der Waals surface area contributed by atoms with Gasteiger partial charge in [-0.25, -0.2) is 4.79 Å². The van der Waals surface area contributed by atoms with Crippen molar-refractivity contribution in [3.63, 3.8) is 0 Å². The van der Waals surface area contributed by atoms with Crippen LogP contribution in [-0.4, -0.2) is 30.1 Å². The second kappa shape index (κ2) is 7.00. The van der Waals surface area contributed by atoms with Crippen LogP contribution in [0.4, 0.5) is 39.5 Å². The van der Waals surface area contributed by atoms with Gasteiger partial charge in [0.2, 0.25) is 0 Å². The molecular formula is C12H13F9O2. The van der Waals surface area contributed by atoms with Gasteiger partial charge in [-0.15, -0.1) is 0 Å². The van der Waals surface area contributed by atoms with Crippen molar-refractivity contribution in [1.82, 2.24) is 0 Å². The van der Waals surface area contributed by atoms with Gasteiger partial charge in [-0.2, -0.15) is 39.5 Å². The Labute approximate surface area is 125 Å². The summed E-state index contributed by atoms with van der Waals surface area (Å²) < 4.78 is 115. The zero-order chi connectivity index (χ0) is 18.7. The molecule has 0 saturated heterocycles. The Kier molecular flexibility index (Phi) is 6.56. The highest BCUT2D eigenvalue weighted by Crippen LogP contribution is 2.53. The van der Waals surface area contributed by atoms with E-state index in [1.54, 1.807) is 6.92 Å². The minimum Gasteiger partial charge on any atom is -0.393 e. The van der Waals surface area contributed by atoms with Gasteiger partial charge in [-0.05, 0) is 13.3 Å². The van der Waals surface area contributed by atoms with E-state index in [1.165, 1.54) is 0 Å². The molecule has 136 valence electrons. The standard InChI is InChI=1S/C12H13F9O2/c1-3-4-5-6-7(2)8(22)23-12(20,21)10(15,16)9(13,14)11(17,18)19/h6H,3-5H2,1-2H3. The van der Waals surface area contributed by atoms with Crippen LogP contribution in [0.5, 0.6) is 0 Å². The maximum Gasteiger partial charge on any atom is 0.473 e. The van der Waals surface area contributed by atoms with Crippen molar-refractivity contribution in [3.05, 3.63) is 11.6 Å². The molecular weight excluding hydrogens is 347 g/mol. The summed E-state index contributed by atoms with van der Waals surface area (Å²) in [6.07, 6.45) is -11.0. The molecule has 23 heavy (non-hydrogen) atoms. The van der Waals surface area contributed by atoms with E-state index in [0.29, 0.717) is 12.8 Å². The molecule has 0 bridgehead atoms. The number of carbonyl (C=O) groups excluding carboxylic acids is 1. The van der Waals surface area contributed by atoms with Crippen LogP contribution in [0.25, 0.3) is 0 Å². The van der Waals surface area contributed by atoms with E-state index in [-0.39, 0.29) is 6.42 Å². The van der Waals surface area contributed by atoms with E-state index in [1.807, 2.05) is 0 Å². The molecule has 0 atom stereocenters. The summed E-state index contributed by atoms with van der Waals surface area (Å²) in [7, 11) is 0. The first-order valence-corrected chi connectivity index (χ1v) is 6.22. The molecule has 0 spiro atoms. The summed E-state index contributed by atoms with van der Waals surface area (Å²) in [5, 5.41) is 0. The van der Waals surface area contributed by atoms with Crippen LogP contribution in [-0.2, 0) is 9.53 Å². The number of allylic oxidation sites excluding steroid dienone is 1. The minimum atomic E-state index is -7.09. The lowest BCUT2D eigenvalue weighted by Crippen LogP contribution is -2.62. The molecule has 0 aliphatic carbocycles. The van der Waals surface area contributed by atoms with E-state index in [2.05, 4.69) is 4.74 Å². The Bertz CT molecular complexity index is 452. The second-order valence-electron chi connectivity index (χ2n) is 4.58. The van der Waals surface area contributed by atoms with Crippen molar-refractivity contribution in [1.29, 1.82) is 0 Å². The summed E-state index contributed by atoms with van der Waals surface area (Å²) >= 11 is 0. The van der Waals surface area contributed by atoms with Crippen LogP contribution in [0, 0.1) is 0 Å². The van der Waals surface area contributed by atoms with E-state index in [9.17, 15) is 44.3 Å². The van der Waals surface area contributed by atoms with Crippen molar-refractivity contribution < 1.29 is 49.0 Å². The maximum absolute atomic E-state index is 13.0. The molecule has 0 aliphatic heterocycles. The lowest BCUT2D eigenvalue weighted by Gasteiger charge is -2.32. The van der Waals surface area contributed by atoms with Gasteiger partial charge in [-0.1, -0.05) is 25.8 Å². The highest BCUT2D eigenvalue weighted by atomic mass is 19.4. The van der Waals surface area contributed by atoms with Crippen LogP contribution in [0.2, 0.25) is 0 Å². The summed E-state index contributed by atoms with van der Waals surface area (Å²) in [5.41, 5.74) is -0.621. The molecule has 0 aromatic carbocycles. The quantitative estimate of drug-likeness (QED) is 0.274. The number of unbranched alkanes of at least 4 members (excludes halogenated alkanes) is 2. The summed E-state index contributed by atoms with van der Waals surface area (Å²) in [5.74, 6) is -16.2. The predicted octanol–water partition coefficient (Wildman–Crippen LogP) is 5.09. The monoisotopic (exact) mass is 360 g/mol. The molecule has 0 aliphatic rings. The van der Waals surface area contributed by atoms with Gasteiger partial charge < -0.3 is 4.74 Å². The molecule has 0 aromatic heterocycles. The lowest BCUT2D eigenvalue weighted by atomic mass is 10.1. The van der Waals surface area contributed by atoms with Gasteiger partial charge in [0.05, 0.1) is 0 Å². The zero-order valence-corrected chi connectivity index (χ0v) is 11.9. The molecule has 0 saturated carbocycles. The summed E-state index contributed by atoms with van der Waals surface area (Å²) in [4.78, 5) is 11.1. The first kappa shape index (κ1) is 21.6. The number of ether oxygens (including phenoxy) is 1. The molecule has 0 radical (unpaired) electrons. The molecule has 0 unspecified atom stereocenters. The van der Waals surface area contributed by atoms with Crippen molar-refractivity contribution >= 4 is 5.97 Å². The Hall–Kier alpha value is -1.42.